The van der Waals surface area contributed by atoms with Gasteiger partial charge in [0.05, 0.1) is 0 Å². The molecule has 0 aliphatic heterocycles. The second-order valence-electron chi connectivity index (χ2n) is 5.43. The summed E-state index contributed by atoms with van der Waals surface area (Å²) in [4.78, 5) is 11.7. The standard InChI is InChI=1S/C15H28N4/c1-8-11(5)19(7)15-12(6)14(16-9-2)17-13(18-15)10(3)4/h10-11H,8-9H2,1-7H3,(H,16,17,18). The smallest absolute Gasteiger partial charge is 0.137 e. The lowest BCUT2D eigenvalue weighted by molar-refractivity contribution is 0.648. The Kier molecular flexibility index (Phi) is 5.58. The summed E-state index contributed by atoms with van der Waals surface area (Å²) in [6, 6.07) is 0.475. The SMILES string of the molecule is CCNc1nc(C(C)C)nc(N(C)C(C)CC)c1C. The molecule has 1 atom stereocenters. The largest absolute Gasteiger partial charge is 0.370 e. The predicted molar refractivity (Wildman–Crippen MR) is 83.2 cm³/mol. The molecule has 4 nitrogen and oxygen atoms in total. The number of nitrogens with zero attached hydrogens (tertiary/aromatic N) is 3. The Bertz CT molecular complexity index is 415. The highest BCUT2D eigenvalue weighted by atomic mass is 15.2. The van der Waals surface area contributed by atoms with Gasteiger partial charge in [-0.2, -0.15) is 0 Å². The third-order valence-electron chi connectivity index (χ3n) is 3.58. The van der Waals surface area contributed by atoms with Gasteiger partial charge in [-0.05, 0) is 27.2 Å². The molecule has 4 heteroatoms. The lowest BCUT2D eigenvalue weighted by atomic mass is 10.1. The van der Waals surface area contributed by atoms with E-state index in [1.165, 1.54) is 0 Å². The summed E-state index contributed by atoms with van der Waals surface area (Å²) < 4.78 is 0. The Hall–Kier alpha value is -1.32. The van der Waals surface area contributed by atoms with Crippen molar-refractivity contribution in [3.8, 4) is 0 Å². The Morgan fingerprint density at radius 1 is 1.16 bits per heavy atom. The highest BCUT2D eigenvalue weighted by Crippen LogP contribution is 2.26. The van der Waals surface area contributed by atoms with Crippen LogP contribution in [0, 0.1) is 6.92 Å². The molecule has 0 saturated carbocycles. The maximum Gasteiger partial charge on any atom is 0.137 e. The molecule has 1 rings (SSSR count). The van der Waals surface area contributed by atoms with E-state index < -0.39 is 0 Å². The van der Waals surface area contributed by atoms with Gasteiger partial charge in [0.15, 0.2) is 0 Å². The van der Waals surface area contributed by atoms with Crippen molar-refractivity contribution >= 4 is 11.6 Å². The molecule has 108 valence electrons. The topological polar surface area (TPSA) is 41.1 Å². The lowest BCUT2D eigenvalue weighted by Crippen LogP contribution is -2.30. The molecule has 1 aromatic heterocycles. The maximum absolute atomic E-state index is 4.76. The van der Waals surface area contributed by atoms with E-state index in [0.717, 1.165) is 36.0 Å². The second kappa shape index (κ2) is 6.73. The van der Waals surface area contributed by atoms with Gasteiger partial charge < -0.3 is 10.2 Å². The monoisotopic (exact) mass is 264 g/mol. The van der Waals surface area contributed by atoms with Crippen LogP contribution in [0.5, 0.6) is 0 Å². The van der Waals surface area contributed by atoms with Gasteiger partial charge in [0.25, 0.3) is 0 Å². The van der Waals surface area contributed by atoms with Crippen LogP contribution in [0.1, 0.15) is 58.3 Å². The molecule has 1 unspecified atom stereocenters. The van der Waals surface area contributed by atoms with Crippen LogP contribution in [0.15, 0.2) is 0 Å². The first-order valence-electron chi connectivity index (χ1n) is 7.27. The summed E-state index contributed by atoms with van der Waals surface area (Å²) >= 11 is 0. The average Bonchev–Trinajstić information content (AvgIpc) is 2.39. The minimum absolute atomic E-state index is 0.335. The predicted octanol–water partition coefficient (Wildman–Crippen LogP) is 3.57. The van der Waals surface area contributed by atoms with E-state index in [2.05, 4.69) is 63.8 Å². The third kappa shape index (κ3) is 3.58. The molecule has 0 spiro atoms. The van der Waals surface area contributed by atoms with Gasteiger partial charge in [-0.3, -0.25) is 0 Å². The first kappa shape index (κ1) is 15.7. The zero-order valence-corrected chi connectivity index (χ0v) is 13.4. The van der Waals surface area contributed by atoms with Crippen LogP contribution < -0.4 is 10.2 Å². The molecule has 1 aromatic rings. The lowest BCUT2D eigenvalue weighted by Gasteiger charge is -2.28. The van der Waals surface area contributed by atoms with E-state index in [9.17, 15) is 0 Å². The van der Waals surface area contributed by atoms with Crippen LogP contribution in [-0.2, 0) is 0 Å². The fraction of sp³-hybridized carbons (Fsp3) is 0.733. The summed E-state index contributed by atoms with van der Waals surface area (Å²) in [7, 11) is 2.11. The second-order valence-corrected chi connectivity index (χ2v) is 5.43. The van der Waals surface area contributed by atoms with E-state index in [4.69, 9.17) is 4.98 Å². The van der Waals surface area contributed by atoms with Gasteiger partial charge in [0.1, 0.15) is 17.5 Å². The molecule has 0 saturated heterocycles. The number of hydrogen-bond acceptors (Lipinski definition) is 4. The van der Waals surface area contributed by atoms with E-state index >= 15 is 0 Å². The summed E-state index contributed by atoms with van der Waals surface area (Å²) in [6.45, 7) is 13.8. The van der Waals surface area contributed by atoms with E-state index in [1.54, 1.807) is 0 Å². The van der Waals surface area contributed by atoms with E-state index in [1.807, 2.05) is 0 Å². The zero-order valence-electron chi connectivity index (χ0n) is 13.4. The van der Waals surface area contributed by atoms with Gasteiger partial charge in [0, 0.05) is 31.1 Å². The highest BCUT2D eigenvalue weighted by Gasteiger charge is 2.18. The van der Waals surface area contributed by atoms with Gasteiger partial charge in [-0.25, -0.2) is 9.97 Å². The third-order valence-corrected chi connectivity index (χ3v) is 3.58. The molecule has 0 amide bonds. The average molecular weight is 264 g/mol. The zero-order chi connectivity index (χ0) is 14.6. The molecule has 0 aromatic carbocycles. The molecular weight excluding hydrogens is 236 g/mol. The molecule has 1 N–H and O–H groups in total. The Labute approximate surface area is 117 Å². The molecule has 1 heterocycles. The fourth-order valence-electron chi connectivity index (χ4n) is 1.95. The normalized spacial score (nSPS) is 12.6. The first-order chi connectivity index (χ1) is 8.92. The quantitative estimate of drug-likeness (QED) is 0.852. The van der Waals surface area contributed by atoms with Gasteiger partial charge in [-0.15, -0.1) is 0 Å². The van der Waals surface area contributed by atoms with E-state index in [-0.39, 0.29) is 0 Å². The molecule has 0 aliphatic rings. The first-order valence-corrected chi connectivity index (χ1v) is 7.27. The minimum atomic E-state index is 0.335. The summed E-state index contributed by atoms with van der Waals surface area (Å²) in [5.74, 6) is 3.25. The van der Waals surface area contributed by atoms with Crippen molar-refractivity contribution in [3.63, 3.8) is 0 Å². The number of anilines is 2. The minimum Gasteiger partial charge on any atom is -0.370 e. The Balaban J connectivity index is 3.28. The fourth-order valence-corrected chi connectivity index (χ4v) is 1.95. The van der Waals surface area contributed by atoms with Crippen LogP contribution in [0.25, 0.3) is 0 Å². The van der Waals surface area contributed by atoms with Crippen molar-refractivity contribution < 1.29 is 0 Å². The molecule has 0 bridgehead atoms. The van der Waals surface area contributed by atoms with Gasteiger partial charge >= 0.3 is 0 Å². The molecule has 0 fully saturated rings. The van der Waals surface area contributed by atoms with Crippen LogP contribution in [0.4, 0.5) is 11.6 Å². The van der Waals surface area contributed by atoms with Gasteiger partial charge in [-0.1, -0.05) is 20.8 Å². The maximum atomic E-state index is 4.76. The molecule has 0 aliphatic carbocycles. The summed E-state index contributed by atoms with van der Waals surface area (Å²) in [5.41, 5.74) is 1.13. The molecule has 0 radical (unpaired) electrons. The van der Waals surface area contributed by atoms with Crippen molar-refractivity contribution in [2.75, 3.05) is 23.8 Å². The van der Waals surface area contributed by atoms with Crippen LogP contribution >= 0.6 is 0 Å². The Morgan fingerprint density at radius 2 is 1.79 bits per heavy atom. The summed E-state index contributed by atoms with van der Waals surface area (Å²) in [6.07, 6.45) is 1.10. The van der Waals surface area contributed by atoms with Crippen molar-refractivity contribution in [1.29, 1.82) is 0 Å². The van der Waals surface area contributed by atoms with Gasteiger partial charge in [0.2, 0.25) is 0 Å². The van der Waals surface area contributed by atoms with Crippen LogP contribution in [0.3, 0.4) is 0 Å². The summed E-state index contributed by atoms with van der Waals surface area (Å²) in [5, 5.41) is 3.35. The van der Waals surface area contributed by atoms with Crippen molar-refractivity contribution in [3.05, 3.63) is 11.4 Å². The Morgan fingerprint density at radius 3 is 2.26 bits per heavy atom. The number of hydrogen-bond donors (Lipinski definition) is 1. The molecule has 19 heavy (non-hydrogen) atoms. The highest BCUT2D eigenvalue weighted by molar-refractivity contribution is 5.58. The van der Waals surface area contributed by atoms with Crippen LogP contribution in [0.2, 0.25) is 0 Å². The van der Waals surface area contributed by atoms with E-state index in [0.29, 0.717) is 12.0 Å². The van der Waals surface area contributed by atoms with Crippen LogP contribution in [-0.4, -0.2) is 29.6 Å². The number of nitrogens with one attached hydrogen (secondary N) is 1. The number of rotatable bonds is 6. The van der Waals surface area contributed by atoms with Crippen molar-refractivity contribution in [2.24, 2.45) is 0 Å². The number of aromatic nitrogens is 2. The molecular formula is C15H28N4. The van der Waals surface area contributed by atoms with Crippen molar-refractivity contribution in [1.82, 2.24) is 9.97 Å². The van der Waals surface area contributed by atoms with Crippen molar-refractivity contribution in [2.45, 2.75) is 59.9 Å².